The Balaban J connectivity index is 2.57. The lowest BCUT2D eigenvalue weighted by Gasteiger charge is -2.45. The molecule has 142 valence electrons. The Morgan fingerprint density at radius 1 is 0.958 bits per heavy atom. The van der Waals surface area contributed by atoms with Crippen molar-refractivity contribution in [3.8, 4) is 0 Å². The van der Waals surface area contributed by atoms with Gasteiger partial charge < -0.3 is 4.74 Å². The quantitative estimate of drug-likeness (QED) is 0.258. The third-order valence-corrected chi connectivity index (χ3v) is 4.55. The van der Waals surface area contributed by atoms with Crippen LogP contribution in [0.4, 0.5) is 0 Å². The molecule has 0 aromatic heterocycles. The zero-order chi connectivity index (χ0) is 18.1. The van der Waals surface area contributed by atoms with E-state index in [9.17, 15) is 4.79 Å². The summed E-state index contributed by atoms with van der Waals surface area (Å²) in [5.74, 6) is -0.253. The minimum atomic E-state index is -0.883. The van der Waals surface area contributed by atoms with Gasteiger partial charge in [0.25, 0.3) is 0 Å². The number of rotatable bonds is 12. The van der Waals surface area contributed by atoms with E-state index in [0.29, 0.717) is 6.42 Å². The lowest BCUT2D eigenvalue weighted by molar-refractivity contribution is -0.500. The molecule has 4 nitrogen and oxygen atoms in total. The Kier molecular flexibility index (Phi) is 9.28. The number of unbranched alkanes of at least 4 members (excludes halogenated alkanes) is 7. The Bertz CT molecular complexity index is 361. The standard InChI is InChI=1S/C20H38O4/c1-6-8-10-11-12-14-16-20(18(21)22-19(3,4)5)17(23-24-20)15-13-9-7-2/h17H,6-16H2,1-5H3. The van der Waals surface area contributed by atoms with Gasteiger partial charge in [0.15, 0.2) is 0 Å². The van der Waals surface area contributed by atoms with Gasteiger partial charge in [-0.1, -0.05) is 65.2 Å². The Labute approximate surface area is 148 Å². The maximum Gasteiger partial charge on any atom is 0.345 e. The molecule has 1 rings (SSSR count). The highest BCUT2D eigenvalue weighted by Crippen LogP contribution is 2.40. The molecule has 0 amide bonds. The van der Waals surface area contributed by atoms with E-state index in [1.165, 1.54) is 25.7 Å². The van der Waals surface area contributed by atoms with Gasteiger partial charge in [-0.25, -0.2) is 14.6 Å². The first kappa shape index (κ1) is 21.4. The molecule has 0 aromatic carbocycles. The highest BCUT2D eigenvalue weighted by molar-refractivity contribution is 5.81. The first-order chi connectivity index (χ1) is 11.4. The topological polar surface area (TPSA) is 44.8 Å². The van der Waals surface area contributed by atoms with E-state index in [1.807, 2.05) is 20.8 Å². The molecule has 2 unspecified atom stereocenters. The van der Waals surface area contributed by atoms with Crippen molar-refractivity contribution >= 4 is 5.97 Å². The molecular formula is C20H38O4. The number of esters is 1. The third kappa shape index (κ3) is 6.72. The molecule has 1 aliphatic heterocycles. The summed E-state index contributed by atoms with van der Waals surface area (Å²) in [5.41, 5.74) is -1.39. The maximum absolute atomic E-state index is 12.7. The van der Waals surface area contributed by atoms with Gasteiger partial charge in [0, 0.05) is 0 Å². The minimum Gasteiger partial charge on any atom is -0.458 e. The van der Waals surface area contributed by atoms with Crippen LogP contribution in [0.3, 0.4) is 0 Å². The maximum atomic E-state index is 12.7. The Morgan fingerprint density at radius 2 is 1.54 bits per heavy atom. The molecule has 1 saturated heterocycles. The second-order valence-corrected chi connectivity index (χ2v) is 8.07. The second-order valence-electron chi connectivity index (χ2n) is 8.07. The lowest BCUT2D eigenvalue weighted by Crippen LogP contribution is -2.63. The van der Waals surface area contributed by atoms with Gasteiger partial charge in [-0.3, -0.25) is 0 Å². The molecule has 1 fully saturated rings. The highest BCUT2D eigenvalue weighted by Gasteiger charge is 2.58. The fourth-order valence-electron chi connectivity index (χ4n) is 3.10. The summed E-state index contributed by atoms with van der Waals surface area (Å²) in [4.78, 5) is 23.5. The summed E-state index contributed by atoms with van der Waals surface area (Å²) in [5, 5.41) is 0. The molecule has 0 aromatic rings. The number of hydrogen-bond acceptors (Lipinski definition) is 4. The van der Waals surface area contributed by atoms with Crippen molar-refractivity contribution in [2.24, 2.45) is 0 Å². The van der Waals surface area contributed by atoms with E-state index in [4.69, 9.17) is 14.5 Å². The van der Waals surface area contributed by atoms with E-state index in [2.05, 4.69) is 13.8 Å². The zero-order valence-corrected chi connectivity index (χ0v) is 16.5. The predicted octanol–water partition coefficient (Wildman–Crippen LogP) is 5.73. The van der Waals surface area contributed by atoms with Crippen molar-refractivity contribution in [2.75, 3.05) is 0 Å². The monoisotopic (exact) mass is 342 g/mol. The van der Waals surface area contributed by atoms with Crippen LogP contribution in [0.15, 0.2) is 0 Å². The van der Waals surface area contributed by atoms with Crippen LogP contribution in [0.1, 0.15) is 105 Å². The predicted molar refractivity (Wildman–Crippen MR) is 96.7 cm³/mol. The average Bonchev–Trinajstić information content (AvgIpc) is 2.48. The lowest BCUT2D eigenvalue weighted by atomic mass is 9.85. The van der Waals surface area contributed by atoms with Gasteiger partial charge in [0.2, 0.25) is 5.60 Å². The molecule has 2 atom stereocenters. The number of carbonyl (C=O) groups is 1. The summed E-state index contributed by atoms with van der Waals surface area (Å²) < 4.78 is 5.63. The minimum absolute atomic E-state index is 0.158. The van der Waals surface area contributed by atoms with Crippen LogP contribution in [0, 0.1) is 0 Å². The molecule has 0 N–H and O–H groups in total. The molecule has 0 spiro atoms. The van der Waals surface area contributed by atoms with Crippen LogP contribution in [0.5, 0.6) is 0 Å². The van der Waals surface area contributed by atoms with Gasteiger partial charge in [-0.2, -0.15) is 0 Å². The van der Waals surface area contributed by atoms with Crippen LogP contribution in [0.25, 0.3) is 0 Å². The van der Waals surface area contributed by atoms with E-state index in [0.717, 1.165) is 38.5 Å². The van der Waals surface area contributed by atoms with Crippen LogP contribution >= 0.6 is 0 Å². The van der Waals surface area contributed by atoms with Gasteiger partial charge in [-0.15, -0.1) is 0 Å². The molecule has 0 radical (unpaired) electrons. The van der Waals surface area contributed by atoms with E-state index in [-0.39, 0.29) is 12.1 Å². The molecule has 24 heavy (non-hydrogen) atoms. The first-order valence-electron chi connectivity index (χ1n) is 9.93. The van der Waals surface area contributed by atoms with E-state index < -0.39 is 11.2 Å². The summed E-state index contributed by atoms with van der Waals surface area (Å²) >= 11 is 0. The van der Waals surface area contributed by atoms with Crippen molar-refractivity contribution in [3.05, 3.63) is 0 Å². The van der Waals surface area contributed by atoms with Gasteiger partial charge in [0.05, 0.1) is 0 Å². The number of carbonyl (C=O) groups excluding carboxylic acids is 1. The normalized spacial score (nSPS) is 23.8. The first-order valence-corrected chi connectivity index (χ1v) is 9.93. The Hall–Kier alpha value is -0.610. The van der Waals surface area contributed by atoms with Gasteiger partial charge in [0.1, 0.15) is 11.7 Å². The number of hydrogen-bond donors (Lipinski definition) is 0. The van der Waals surface area contributed by atoms with Crippen molar-refractivity contribution in [1.82, 2.24) is 0 Å². The van der Waals surface area contributed by atoms with Crippen molar-refractivity contribution < 1.29 is 19.3 Å². The van der Waals surface area contributed by atoms with Crippen molar-refractivity contribution in [3.63, 3.8) is 0 Å². The van der Waals surface area contributed by atoms with E-state index >= 15 is 0 Å². The van der Waals surface area contributed by atoms with Crippen LogP contribution in [0.2, 0.25) is 0 Å². The molecule has 1 aliphatic rings. The highest BCUT2D eigenvalue weighted by atomic mass is 17.3. The smallest absolute Gasteiger partial charge is 0.345 e. The molecule has 4 heteroatoms. The fraction of sp³-hybridized carbons (Fsp3) is 0.950. The molecular weight excluding hydrogens is 304 g/mol. The molecule has 0 saturated carbocycles. The molecule has 0 bridgehead atoms. The zero-order valence-electron chi connectivity index (χ0n) is 16.5. The third-order valence-electron chi connectivity index (χ3n) is 4.55. The van der Waals surface area contributed by atoms with Crippen LogP contribution in [-0.2, 0) is 19.3 Å². The SMILES string of the molecule is CCCCCCCCC1(C(=O)OC(C)(C)C)OOC1CCCCC. The number of ether oxygens (including phenoxy) is 1. The summed E-state index contributed by atoms with van der Waals surface area (Å²) in [6.07, 6.45) is 11.9. The summed E-state index contributed by atoms with van der Waals surface area (Å²) in [6, 6.07) is 0. The largest absolute Gasteiger partial charge is 0.458 e. The van der Waals surface area contributed by atoms with Crippen molar-refractivity contribution in [1.29, 1.82) is 0 Å². The molecule has 1 heterocycles. The fourth-order valence-corrected chi connectivity index (χ4v) is 3.10. The Morgan fingerprint density at radius 3 is 2.08 bits per heavy atom. The van der Waals surface area contributed by atoms with Crippen molar-refractivity contribution in [2.45, 2.75) is 123 Å². The van der Waals surface area contributed by atoms with Crippen LogP contribution < -0.4 is 0 Å². The summed E-state index contributed by atoms with van der Waals surface area (Å²) in [6.45, 7) is 10.1. The second kappa shape index (κ2) is 10.4. The van der Waals surface area contributed by atoms with Gasteiger partial charge in [-0.05, 0) is 40.0 Å². The van der Waals surface area contributed by atoms with Crippen LogP contribution in [-0.4, -0.2) is 23.3 Å². The average molecular weight is 343 g/mol. The summed E-state index contributed by atoms with van der Waals surface area (Å²) in [7, 11) is 0. The van der Waals surface area contributed by atoms with E-state index in [1.54, 1.807) is 0 Å². The molecule has 0 aliphatic carbocycles. The van der Waals surface area contributed by atoms with Gasteiger partial charge >= 0.3 is 5.97 Å².